The van der Waals surface area contributed by atoms with Crippen molar-refractivity contribution >= 4 is 28.3 Å². The van der Waals surface area contributed by atoms with E-state index in [9.17, 15) is 4.57 Å². The van der Waals surface area contributed by atoms with Gasteiger partial charge in [0, 0.05) is 5.30 Å². The molecule has 0 fully saturated rings. The largest absolute Gasteiger partial charge is 0.325 e. The Labute approximate surface area is 57.9 Å². The number of benzene rings is 1. The van der Waals surface area contributed by atoms with Gasteiger partial charge in [-0.3, -0.25) is 0 Å². The van der Waals surface area contributed by atoms with Crippen molar-refractivity contribution in [3.8, 4) is 0 Å². The Balaban J connectivity index is 3.15. The molecule has 0 amide bonds. The lowest BCUT2D eigenvalue weighted by Crippen LogP contribution is -2.09. The summed E-state index contributed by atoms with van der Waals surface area (Å²) >= 11 is 0. The molecular weight excluding hydrogens is 150 g/mol. The lowest BCUT2D eigenvalue weighted by Gasteiger charge is -1.92. The summed E-state index contributed by atoms with van der Waals surface area (Å²) in [5.74, 6) is 0. The van der Waals surface area contributed by atoms with E-state index in [0.29, 0.717) is 0 Å². The maximum absolute atomic E-state index is 10.4. The van der Waals surface area contributed by atoms with E-state index in [2.05, 4.69) is 9.24 Å². The highest BCUT2D eigenvalue weighted by atomic mass is 31.1. The van der Waals surface area contributed by atoms with E-state index in [4.69, 9.17) is 0 Å². The molecule has 0 saturated heterocycles. The molecule has 1 aromatic rings. The lowest BCUT2D eigenvalue weighted by molar-refractivity contribution is 0.603. The van der Waals surface area contributed by atoms with Crippen molar-refractivity contribution in [1.29, 1.82) is 0 Å². The van der Waals surface area contributed by atoms with Crippen LogP contribution in [0.1, 0.15) is 0 Å². The molecule has 9 heavy (non-hydrogen) atoms. The van der Waals surface area contributed by atoms with Gasteiger partial charge < -0.3 is 4.57 Å². The van der Waals surface area contributed by atoms with Crippen molar-refractivity contribution in [1.82, 2.24) is 0 Å². The molecule has 0 radical (unpaired) electrons. The molecule has 0 spiro atoms. The summed E-state index contributed by atoms with van der Waals surface area (Å²) in [5, 5.41) is 1.99. The topological polar surface area (TPSA) is 17.1 Å². The summed E-state index contributed by atoms with van der Waals surface area (Å²) in [7, 11) is 1.78. The normalized spacial score (nSPS) is 10.8. The van der Waals surface area contributed by atoms with Gasteiger partial charge in [-0.05, 0) is 5.30 Å². The van der Waals surface area contributed by atoms with Crippen LogP contribution in [0.4, 0.5) is 0 Å². The van der Waals surface area contributed by atoms with Gasteiger partial charge in [0.1, 0.15) is 0 Å². The minimum Gasteiger partial charge on any atom is -0.325 e. The molecule has 0 heterocycles. The first-order chi connectivity index (χ1) is 4.34. The highest BCUT2D eigenvalue weighted by Crippen LogP contribution is 1.95. The Bertz CT molecular complexity index is 222. The van der Waals surface area contributed by atoms with Gasteiger partial charge in [0.15, 0.2) is 0 Å². The van der Waals surface area contributed by atoms with Gasteiger partial charge in [0.05, 0.1) is 8.46 Å². The molecule has 3 heteroatoms. The van der Waals surface area contributed by atoms with Crippen LogP contribution in [0.3, 0.4) is 0 Å². The fourth-order valence-corrected chi connectivity index (χ4v) is 1.45. The van der Waals surface area contributed by atoms with Crippen LogP contribution in [-0.4, -0.2) is 0 Å². The molecular formula is C6H8OP2. The number of rotatable bonds is 1. The first-order valence-corrected chi connectivity index (χ1v) is 4.27. The van der Waals surface area contributed by atoms with Crippen molar-refractivity contribution < 1.29 is 4.57 Å². The van der Waals surface area contributed by atoms with Crippen LogP contribution in [0.5, 0.6) is 0 Å². The quantitative estimate of drug-likeness (QED) is 0.546. The van der Waals surface area contributed by atoms with E-state index in [0.717, 1.165) is 10.6 Å². The van der Waals surface area contributed by atoms with Crippen LogP contribution in [0.15, 0.2) is 24.3 Å². The molecule has 0 aliphatic rings. The monoisotopic (exact) mass is 158 g/mol. The van der Waals surface area contributed by atoms with Crippen molar-refractivity contribution in [3.63, 3.8) is 0 Å². The minimum atomic E-state index is -0.775. The molecule has 0 aromatic heterocycles. The Morgan fingerprint density at radius 2 is 2.00 bits per heavy atom. The average molecular weight is 158 g/mol. The molecule has 0 aliphatic carbocycles. The first-order valence-electron chi connectivity index (χ1n) is 2.64. The van der Waals surface area contributed by atoms with E-state index in [1.54, 1.807) is 0 Å². The number of hydrogen-bond acceptors (Lipinski definition) is 1. The summed E-state index contributed by atoms with van der Waals surface area (Å²) in [6, 6.07) is 7.64. The molecule has 0 N–H and O–H groups in total. The Hall–Kier alpha value is -0.120. The Morgan fingerprint density at radius 3 is 2.44 bits per heavy atom. The first kappa shape index (κ1) is 6.99. The lowest BCUT2D eigenvalue weighted by atomic mass is 10.4. The van der Waals surface area contributed by atoms with Crippen LogP contribution in [0.25, 0.3) is 0 Å². The third-order valence-electron chi connectivity index (χ3n) is 1.12. The third-order valence-corrected chi connectivity index (χ3v) is 2.76. The van der Waals surface area contributed by atoms with Gasteiger partial charge in [-0.15, -0.1) is 9.24 Å². The summed E-state index contributed by atoms with van der Waals surface area (Å²) in [4.78, 5) is 0. The maximum Gasteiger partial charge on any atom is 0.0927 e. The predicted molar refractivity (Wildman–Crippen MR) is 45.8 cm³/mol. The molecule has 48 valence electrons. The zero-order valence-electron chi connectivity index (χ0n) is 4.87. The fourth-order valence-electron chi connectivity index (χ4n) is 0.618. The van der Waals surface area contributed by atoms with Gasteiger partial charge in [0.2, 0.25) is 0 Å². The fraction of sp³-hybridized carbons (Fsp3) is 0. The maximum atomic E-state index is 10.4. The zero-order valence-corrected chi connectivity index (χ0v) is 7.18. The van der Waals surface area contributed by atoms with Crippen LogP contribution in [0, 0.1) is 0 Å². The second-order valence-corrected chi connectivity index (χ2v) is 3.23. The highest BCUT2D eigenvalue weighted by molar-refractivity contribution is 7.39. The van der Waals surface area contributed by atoms with Crippen LogP contribution >= 0.6 is 17.7 Å². The molecule has 1 aromatic carbocycles. The molecule has 2 unspecified atom stereocenters. The molecule has 0 aliphatic heterocycles. The molecule has 2 atom stereocenters. The van der Waals surface area contributed by atoms with Crippen molar-refractivity contribution in [3.05, 3.63) is 24.3 Å². The van der Waals surface area contributed by atoms with Crippen molar-refractivity contribution in [2.75, 3.05) is 0 Å². The van der Waals surface area contributed by atoms with Crippen molar-refractivity contribution in [2.24, 2.45) is 0 Å². The van der Waals surface area contributed by atoms with Crippen molar-refractivity contribution in [2.45, 2.75) is 0 Å². The predicted octanol–water partition coefficient (Wildman–Crippen LogP) is 0.569. The molecule has 0 bridgehead atoms. The van der Waals surface area contributed by atoms with Crippen LogP contribution in [0.2, 0.25) is 0 Å². The van der Waals surface area contributed by atoms with Gasteiger partial charge in [-0.2, -0.15) is 0 Å². The Morgan fingerprint density at radius 1 is 1.33 bits per heavy atom. The second-order valence-electron chi connectivity index (χ2n) is 1.75. The summed E-state index contributed by atoms with van der Waals surface area (Å²) in [6.45, 7) is 0. The standard InChI is InChI=1S/C6H8OP2/c7-9-6-4-2-1-3-5(6)8/h1-4H,8-9H2. The number of hydrogen-bond donors (Lipinski definition) is 0. The van der Waals surface area contributed by atoms with Crippen LogP contribution in [-0.2, 0) is 4.57 Å². The van der Waals surface area contributed by atoms with E-state index in [-0.39, 0.29) is 0 Å². The molecule has 1 nitrogen and oxygen atoms in total. The van der Waals surface area contributed by atoms with E-state index in [1.807, 2.05) is 24.3 Å². The smallest absolute Gasteiger partial charge is 0.0927 e. The van der Waals surface area contributed by atoms with Gasteiger partial charge in [-0.25, -0.2) is 0 Å². The second kappa shape index (κ2) is 3.15. The Kier molecular flexibility index (Phi) is 2.45. The SMILES string of the molecule is O=[PH2]c1ccccc1P. The zero-order chi connectivity index (χ0) is 6.69. The molecule has 0 saturated carbocycles. The van der Waals surface area contributed by atoms with Gasteiger partial charge in [0.25, 0.3) is 0 Å². The summed E-state index contributed by atoms with van der Waals surface area (Å²) < 4.78 is 10.4. The van der Waals surface area contributed by atoms with E-state index >= 15 is 0 Å². The summed E-state index contributed by atoms with van der Waals surface area (Å²) in [5.41, 5.74) is 0. The van der Waals surface area contributed by atoms with E-state index < -0.39 is 8.46 Å². The highest BCUT2D eigenvalue weighted by Gasteiger charge is 1.89. The van der Waals surface area contributed by atoms with Gasteiger partial charge in [-0.1, -0.05) is 24.3 Å². The average Bonchev–Trinajstić information content (AvgIpc) is 1.89. The van der Waals surface area contributed by atoms with Crippen LogP contribution < -0.4 is 10.6 Å². The minimum absolute atomic E-state index is 0.775. The molecule has 1 rings (SSSR count). The van der Waals surface area contributed by atoms with Gasteiger partial charge >= 0.3 is 0 Å². The summed E-state index contributed by atoms with van der Waals surface area (Å²) in [6.07, 6.45) is 0. The third kappa shape index (κ3) is 1.64. The van der Waals surface area contributed by atoms with E-state index in [1.165, 1.54) is 0 Å².